The summed E-state index contributed by atoms with van der Waals surface area (Å²) in [6.45, 7) is 0. The van der Waals surface area contributed by atoms with E-state index in [0.29, 0.717) is 6.42 Å². The standard InChI is InChI=1S/C17H15BrClNO/c1-20-15-8-4-13(10-12(15)5-9-16(20)21)17(19)11-2-6-14(18)7-3-11/h2-4,6-8,10,17H,5,9H2,1H3. The molecule has 0 spiro atoms. The highest BCUT2D eigenvalue weighted by atomic mass is 79.9. The Morgan fingerprint density at radius 3 is 2.48 bits per heavy atom. The van der Waals surface area contributed by atoms with Crippen LogP contribution in [-0.4, -0.2) is 13.0 Å². The van der Waals surface area contributed by atoms with E-state index in [1.54, 1.807) is 4.90 Å². The van der Waals surface area contributed by atoms with Crippen LogP contribution in [0.2, 0.25) is 0 Å². The molecule has 0 N–H and O–H groups in total. The van der Waals surface area contributed by atoms with E-state index in [1.165, 1.54) is 5.56 Å². The molecular weight excluding hydrogens is 350 g/mol. The first-order valence-corrected chi connectivity index (χ1v) is 8.08. The van der Waals surface area contributed by atoms with E-state index in [-0.39, 0.29) is 11.3 Å². The Balaban J connectivity index is 1.93. The third kappa shape index (κ3) is 2.85. The molecule has 0 radical (unpaired) electrons. The zero-order valence-corrected chi connectivity index (χ0v) is 14.0. The summed E-state index contributed by atoms with van der Waals surface area (Å²) in [5.74, 6) is 0.172. The average molecular weight is 365 g/mol. The molecule has 1 heterocycles. The minimum atomic E-state index is -0.175. The molecule has 4 heteroatoms. The van der Waals surface area contributed by atoms with E-state index in [2.05, 4.69) is 22.0 Å². The maximum absolute atomic E-state index is 11.7. The lowest BCUT2D eigenvalue weighted by molar-refractivity contribution is -0.118. The molecular formula is C17H15BrClNO. The molecule has 0 aliphatic carbocycles. The first kappa shape index (κ1) is 14.6. The fraction of sp³-hybridized carbons (Fsp3) is 0.235. The van der Waals surface area contributed by atoms with Crippen molar-refractivity contribution >= 4 is 39.1 Å². The molecule has 0 saturated carbocycles. The summed E-state index contributed by atoms with van der Waals surface area (Å²) in [7, 11) is 1.83. The van der Waals surface area contributed by atoms with Gasteiger partial charge in [0.15, 0.2) is 0 Å². The Bertz CT molecular complexity index is 684. The second kappa shape index (κ2) is 5.82. The second-order valence-corrected chi connectivity index (χ2v) is 6.61. The molecule has 1 atom stereocenters. The summed E-state index contributed by atoms with van der Waals surface area (Å²) in [6.07, 6.45) is 1.36. The summed E-state index contributed by atoms with van der Waals surface area (Å²) in [4.78, 5) is 13.5. The van der Waals surface area contributed by atoms with Crippen LogP contribution in [0.25, 0.3) is 0 Å². The number of anilines is 1. The SMILES string of the molecule is CN1C(=O)CCc2cc(C(Cl)c3ccc(Br)cc3)ccc21. The highest BCUT2D eigenvalue weighted by Gasteiger charge is 2.22. The summed E-state index contributed by atoms with van der Waals surface area (Å²) in [5, 5.41) is -0.175. The fourth-order valence-electron chi connectivity index (χ4n) is 2.66. The number of nitrogens with zero attached hydrogens (tertiary/aromatic N) is 1. The number of benzene rings is 2. The van der Waals surface area contributed by atoms with Crippen LogP contribution < -0.4 is 4.90 Å². The van der Waals surface area contributed by atoms with Gasteiger partial charge < -0.3 is 4.90 Å². The lowest BCUT2D eigenvalue weighted by Gasteiger charge is -2.26. The molecule has 0 bridgehead atoms. The monoisotopic (exact) mass is 363 g/mol. The van der Waals surface area contributed by atoms with Gasteiger partial charge >= 0.3 is 0 Å². The van der Waals surface area contributed by atoms with E-state index in [0.717, 1.165) is 27.7 Å². The Hall–Kier alpha value is -1.32. The van der Waals surface area contributed by atoms with E-state index in [1.807, 2.05) is 43.4 Å². The van der Waals surface area contributed by atoms with Crippen molar-refractivity contribution in [3.63, 3.8) is 0 Å². The number of hydrogen-bond acceptors (Lipinski definition) is 1. The highest BCUT2D eigenvalue weighted by Crippen LogP contribution is 2.34. The van der Waals surface area contributed by atoms with Gasteiger partial charge in [0.25, 0.3) is 0 Å². The lowest BCUT2D eigenvalue weighted by Crippen LogP contribution is -2.31. The van der Waals surface area contributed by atoms with Crippen molar-refractivity contribution in [1.29, 1.82) is 0 Å². The highest BCUT2D eigenvalue weighted by molar-refractivity contribution is 9.10. The maximum Gasteiger partial charge on any atom is 0.227 e. The normalized spacial score (nSPS) is 15.8. The van der Waals surface area contributed by atoms with E-state index >= 15 is 0 Å². The van der Waals surface area contributed by atoms with Gasteiger partial charge in [0, 0.05) is 23.6 Å². The van der Waals surface area contributed by atoms with Gasteiger partial charge in [-0.15, -0.1) is 11.6 Å². The fourth-order valence-corrected chi connectivity index (χ4v) is 3.20. The quantitative estimate of drug-likeness (QED) is 0.708. The lowest BCUT2D eigenvalue weighted by atomic mass is 9.96. The molecule has 1 unspecified atom stereocenters. The maximum atomic E-state index is 11.7. The molecule has 1 aliphatic heterocycles. The van der Waals surface area contributed by atoms with Gasteiger partial charge in [0.05, 0.1) is 5.38 Å². The number of fused-ring (bicyclic) bond motifs is 1. The van der Waals surface area contributed by atoms with Crippen LogP contribution in [0.5, 0.6) is 0 Å². The predicted octanol–water partition coefficient (Wildman–Crippen LogP) is 4.69. The number of rotatable bonds is 2. The minimum Gasteiger partial charge on any atom is -0.315 e. The van der Waals surface area contributed by atoms with Crippen molar-refractivity contribution < 1.29 is 4.79 Å². The number of hydrogen-bond donors (Lipinski definition) is 0. The molecule has 1 amide bonds. The van der Waals surface area contributed by atoms with Crippen molar-refractivity contribution in [3.05, 3.63) is 63.6 Å². The van der Waals surface area contributed by atoms with Gasteiger partial charge in [-0.1, -0.05) is 40.2 Å². The van der Waals surface area contributed by atoms with Gasteiger partial charge in [0.2, 0.25) is 5.91 Å². The number of aryl methyl sites for hydroxylation is 1. The van der Waals surface area contributed by atoms with Crippen molar-refractivity contribution in [2.24, 2.45) is 0 Å². The van der Waals surface area contributed by atoms with Gasteiger partial charge in [-0.05, 0) is 41.3 Å². The zero-order chi connectivity index (χ0) is 15.0. The summed E-state index contributed by atoms with van der Waals surface area (Å²) < 4.78 is 1.04. The Morgan fingerprint density at radius 2 is 1.76 bits per heavy atom. The molecule has 108 valence electrons. The van der Waals surface area contributed by atoms with Gasteiger partial charge in [-0.3, -0.25) is 4.79 Å². The number of alkyl halides is 1. The molecule has 3 rings (SSSR count). The topological polar surface area (TPSA) is 20.3 Å². The molecule has 0 saturated heterocycles. The molecule has 2 aromatic rings. The molecule has 1 aliphatic rings. The molecule has 0 aromatic heterocycles. The Kier molecular flexibility index (Phi) is 4.05. The van der Waals surface area contributed by atoms with Gasteiger partial charge in [-0.2, -0.15) is 0 Å². The second-order valence-electron chi connectivity index (χ2n) is 5.26. The number of carbonyl (C=O) groups excluding carboxylic acids is 1. The molecule has 21 heavy (non-hydrogen) atoms. The summed E-state index contributed by atoms with van der Waals surface area (Å²) in [5.41, 5.74) is 4.33. The van der Waals surface area contributed by atoms with E-state index < -0.39 is 0 Å². The molecule has 0 fully saturated rings. The van der Waals surface area contributed by atoms with Crippen LogP contribution in [-0.2, 0) is 11.2 Å². The van der Waals surface area contributed by atoms with Crippen LogP contribution in [0, 0.1) is 0 Å². The van der Waals surface area contributed by atoms with Crippen molar-refractivity contribution in [2.75, 3.05) is 11.9 Å². The number of carbonyl (C=O) groups is 1. The van der Waals surface area contributed by atoms with Gasteiger partial charge in [-0.25, -0.2) is 0 Å². The van der Waals surface area contributed by atoms with E-state index in [9.17, 15) is 4.79 Å². The molecule has 2 nitrogen and oxygen atoms in total. The van der Waals surface area contributed by atoms with Crippen LogP contribution in [0.15, 0.2) is 46.9 Å². The van der Waals surface area contributed by atoms with Crippen LogP contribution in [0.1, 0.15) is 28.5 Å². The van der Waals surface area contributed by atoms with Crippen LogP contribution in [0.4, 0.5) is 5.69 Å². The van der Waals surface area contributed by atoms with Crippen molar-refractivity contribution in [3.8, 4) is 0 Å². The Labute approximate surface area is 137 Å². The number of amides is 1. The van der Waals surface area contributed by atoms with E-state index in [4.69, 9.17) is 11.6 Å². The smallest absolute Gasteiger partial charge is 0.227 e. The number of halogens is 2. The first-order chi connectivity index (χ1) is 10.1. The first-order valence-electron chi connectivity index (χ1n) is 6.85. The van der Waals surface area contributed by atoms with Gasteiger partial charge in [0.1, 0.15) is 0 Å². The summed E-state index contributed by atoms with van der Waals surface area (Å²) in [6, 6.07) is 14.2. The third-order valence-electron chi connectivity index (χ3n) is 3.90. The zero-order valence-electron chi connectivity index (χ0n) is 11.6. The third-order valence-corrected chi connectivity index (χ3v) is 4.94. The van der Waals surface area contributed by atoms with Crippen LogP contribution in [0.3, 0.4) is 0 Å². The van der Waals surface area contributed by atoms with Crippen molar-refractivity contribution in [2.45, 2.75) is 18.2 Å². The predicted molar refractivity (Wildman–Crippen MR) is 90.0 cm³/mol. The average Bonchev–Trinajstić information content (AvgIpc) is 2.51. The minimum absolute atomic E-state index is 0.172. The van der Waals surface area contributed by atoms with Crippen LogP contribution >= 0.6 is 27.5 Å². The van der Waals surface area contributed by atoms with Crippen molar-refractivity contribution in [1.82, 2.24) is 0 Å². The summed E-state index contributed by atoms with van der Waals surface area (Å²) >= 11 is 10.0. The largest absolute Gasteiger partial charge is 0.315 e. The molecule has 2 aromatic carbocycles. The Morgan fingerprint density at radius 1 is 1.10 bits per heavy atom.